The van der Waals surface area contributed by atoms with E-state index in [9.17, 15) is 0 Å². The summed E-state index contributed by atoms with van der Waals surface area (Å²) >= 11 is 0. The van der Waals surface area contributed by atoms with Gasteiger partial charge in [0.2, 0.25) is 0 Å². The Bertz CT molecular complexity index is 1060. The summed E-state index contributed by atoms with van der Waals surface area (Å²) < 4.78 is 0. The zero-order valence-corrected chi connectivity index (χ0v) is 16.9. The van der Waals surface area contributed by atoms with Gasteiger partial charge in [-0.15, -0.1) is 10.0 Å². The fraction of sp³-hybridized carbons (Fsp3) is 0. The first-order valence-electron chi connectivity index (χ1n) is 9.84. The third kappa shape index (κ3) is 3.35. The lowest BCUT2D eigenvalue weighted by Crippen LogP contribution is -1.94. The van der Waals surface area contributed by atoms with Gasteiger partial charge in [-0.05, 0) is 57.3 Å². The Morgan fingerprint density at radius 3 is 1.07 bits per heavy atom. The Labute approximate surface area is 174 Å². The van der Waals surface area contributed by atoms with Crippen molar-refractivity contribution in [1.82, 2.24) is 0 Å². The van der Waals surface area contributed by atoms with Crippen molar-refractivity contribution in [3.8, 4) is 22.3 Å². The molecule has 1 heterocycles. The van der Waals surface area contributed by atoms with Crippen molar-refractivity contribution >= 4 is 10.0 Å². The van der Waals surface area contributed by atoms with Gasteiger partial charge in [-0.25, -0.2) is 0 Å². The van der Waals surface area contributed by atoms with Crippen LogP contribution in [0.4, 0.5) is 0 Å². The second-order valence-electron chi connectivity index (χ2n) is 7.15. The minimum absolute atomic E-state index is 1.26. The average molecular weight is 391 g/mol. The number of allylic oxidation sites excluding steroid dienone is 2. The second kappa shape index (κ2) is 7.62. The molecule has 0 fully saturated rings. The van der Waals surface area contributed by atoms with Gasteiger partial charge < -0.3 is 0 Å². The minimum Gasteiger partial charge on any atom is -0.146 e. The van der Waals surface area contributed by atoms with Crippen molar-refractivity contribution in [2.24, 2.45) is 0 Å². The van der Waals surface area contributed by atoms with Gasteiger partial charge >= 0.3 is 0 Å². The van der Waals surface area contributed by atoms with E-state index in [1.807, 2.05) is 0 Å². The van der Waals surface area contributed by atoms with Crippen LogP contribution in [-0.4, -0.2) is 0 Å². The molecule has 1 aliphatic rings. The normalized spacial score (nSPS) is 15.3. The summed E-state index contributed by atoms with van der Waals surface area (Å²) in [4.78, 5) is 2.74. The summed E-state index contributed by atoms with van der Waals surface area (Å²) in [7, 11) is -1.28. The summed E-state index contributed by atoms with van der Waals surface area (Å²) in [6.45, 7) is 0. The van der Waals surface area contributed by atoms with Gasteiger partial charge in [0.25, 0.3) is 0 Å². The van der Waals surface area contributed by atoms with E-state index in [1.54, 1.807) is 0 Å². The van der Waals surface area contributed by atoms with Gasteiger partial charge in [-0.2, -0.15) is 0 Å². The quantitative estimate of drug-likeness (QED) is 0.329. The first kappa shape index (κ1) is 17.8. The van der Waals surface area contributed by atoms with E-state index < -0.39 is 10.0 Å². The maximum Gasteiger partial charge on any atom is 0.00124 e. The Morgan fingerprint density at radius 2 is 0.690 bits per heavy atom. The average Bonchev–Trinajstić information content (AvgIpc) is 3.32. The molecule has 4 aromatic rings. The van der Waals surface area contributed by atoms with Crippen LogP contribution in [0.5, 0.6) is 0 Å². The fourth-order valence-corrected chi connectivity index (χ4v) is 6.68. The molecule has 1 aliphatic heterocycles. The number of hydrogen-bond acceptors (Lipinski definition) is 0. The van der Waals surface area contributed by atoms with E-state index in [1.165, 1.54) is 32.0 Å². The van der Waals surface area contributed by atoms with Gasteiger partial charge in [-0.1, -0.05) is 97.1 Å². The molecule has 0 aromatic heterocycles. The SMILES string of the molecule is C1=CS(c2ccc(-c3ccccc3)cc2)(c2ccc(-c3ccccc3)cc2)C=C1. The standard InChI is InChI=1S/C28H22S/c1-3-9-23(10-4-1)25-13-17-27(18-14-25)29(21-7-8-22-29)28-19-15-26(16-20-28)24-11-5-2-6-12-24/h1-22H. The van der Waals surface area contributed by atoms with E-state index in [0.29, 0.717) is 0 Å². The molecule has 0 aliphatic carbocycles. The lowest BCUT2D eigenvalue weighted by atomic mass is 10.1. The van der Waals surface area contributed by atoms with Crippen molar-refractivity contribution in [1.29, 1.82) is 0 Å². The van der Waals surface area contributed by atoms with Gasteiger partial charge in [0.05, 0.1) is 0 Å². The van der Waals surface area contributed by atoms with Crippen LogP contribution in [0, 0.1) is 0 Å². The third-order valence-electron chi connectivity index (χ3n) is 5.40. The highest BCUT2D eigenvalue weighted by atomic mass is 32.3. The monoisotopic (exact) mass is 390 g/mol. The molecule has 1 heteroatoms. The molecule has 0 unspecified atom stereocenters. The lowest BCUT2D eigenvalue weighted by Gasteiger charge is -2.33. The molecule has 0 amide bonds. The largest absolute Gasteiger partial charge is 0.146 e. The summed E-state index contributed by atoms with van der Waals surface area (Å²) in [5.41, 5.74) is 5.03. The Morgan fingerprint density at radius 1 is 0.345 bits per heavy atom. The molecular weight excluding hydrogens is 368 g/mol. The van der Waals surface area contributed by atoms with Crippen LogP contribution in [0.2, 0.25) is 0 Å². The number of benzene rings is 4. The summed E-state index contributed by atoms with van der Waals surface area (Å²) in [6, 6.07) is 39.3. The minimum atomic E-state index is -1.28. The predicted octanol–water partition coefficient (Wildman–Crippen LogP) is 8.28. The summed E-state index contributed by atoms with van der Waals surface area (Å²) in [5.74, 6) is 0. The molecule has 140 valence electrons. The molecule has 0 spiro atoms. The van der Waals surface area contributed by atoms with Crippen LogP contribution >= 0.6 is 10.0 Å². The van der Waals surface area contributed by atoms with Gasteiger partial charge in [0.1, 0.15) is 0 Å². The molecule has 4 aromatic carbocycles. The van der Waals surface area contributed by atoms with Crippen LogP contribution in [0.3, 0.4) is 0 Å². The molecule has 5 rings (SSSR count). The predicted molar refractivity (Wildman–Crippen MR) is 126 cm³/mol. The first-order chi connectivity index (χ1) is 14.4. The molecule has 0 N–H and O–H groups in total. The molecule has 0 bridgehead atoms. The zero-order valence-electron chi connectivity index (χ0n) is 16.1. The van der Waals surface area contributed by atoms with E-state index in [4.69, 9.17) is 0 Å². The summed E-state index contributed by atoms with van der Waals surface area (Å²) in [6.07, 6.45) is 4.37. The third-order valence-corrected chi connectivity index (χ3v) is 8.68. The first-order valence-corrected chi connectivity index (χ1v) is 11.6. The zero-order chi connectivity index (χ0) is 19.5. The fourth-order valence-electron chi connectivity index (χ4n) is 3.84. The van der Waals surface area contributed by atoms with Gasteiger partial charge in [0, 0.05) is 9.79 Å². The number of hydrogen-bond donors (Lipinski definition) is 0. The van der Waals surface area contributed by atoms with E-state index in [2.05, 4.69) is 132 Å². The second-order valence-corrected chi connectivity index (χ2v) is 10.1. The van der Waals surface area contributed by atoms with E-state index in [0.717, 1.165) is 0 Å². The van der Waals surface area contributed by atoms with E-state index >= 15 is 0 Å². The van der Waals surface area contributed by atoms with Crippen LogP contribution in [0.15, 0.2) is 142 Å². The Kier molecular flexibility index (Phi) is 4.67. The molecule has 0 saturated heterocycles. The van der Waals surface area contributed by atoms with Gasteiger partial charge in [-0.3, -0.25) is 0 Å². The maximum atomic E-state index is 2.38. The highest BCUT2D eigenvalue weighted by Crippen LogP contribution is 2.67. The van der Waals surface area contributed by atoms with Crippen LogP contribution in [-0.2, 0) is 0 Å². The molecule has 0 saturated carbocycles. The van der Waals surface area contributed by atoms with Crippen LogP contribution in [0.1, 0.15) is 0 Å². The topological polar surface area (TPSA) is 0 Å². The summed E-state index contributed by atoms with van der Waals surface area (Å²) in [5, 5.41) is 4.75. The highest BCUT2D eigenvalue weighted by molar-refractivity contribution is 8.38. The smallest absolute Gasteiger partial charge is 0.00124 e. The molecule has 29 heavy (non-hydrogen) atoms. The molecule has 0 atom stereocenters. The van der Waals surface area contributed by atoms with Crippen molar-refractivity contribution in [3.63, 3.8) is 0 Å². The number of rotatable bonds is 4. The van der Waals surface area contributed by atoms with Crippen molar-refractivity contribution in [3.05, 3.63) is 132 Å². The molecule has 0 nitrogen and oxygen atoms in total. The van der Waals surface area contributed by atoms with Crippen LogP contribution < -0.4 is 0 Å². The Hall–Kier alpha value is -3.29. The van der Waals surface area contributed by atoms with Crippen molar-refractivity contribution in [2.75, 3.05) is 0 Å². The van der Waals surface area contributed by atoms with Crippen molar-refractivity contribution in [2.45, 2.75) is 9.79 Å². The highest BCUT2D eigenvalue weighted by Gasteiger charge is 2.25. The van der Waals surface area contributed by atoms with Gasteiger partial charge in [0.15, 0.2) is 0 Å². The maximum absolute atomic E-state index is 2.38. The Balaban J connectivity index is 1.51. The lowest BCUT2D eigenvalue weighted by molar-refractivity contribution is 1.37. The van der Waals surface area contributed by atoms with E-state index in [-0.39, 0.29) is 0 Å². The molecular formula is C28H22S. The van der Waals surface area contributed by atoms with Crippen molar-refractivity contribution < 1.29 is 0 Å². The van der Waals surface area contributed by atoms with Crippen LogP contribution in [0.25, 0.3) is 22.3 Å². The molecule has 0 radical (unpaired) electrons.